The number of hydrogen-bond acceptors (Lipinski definition) is 5. The van der Waals surface area contributed by atoms with E-state index in [-0.39, 0.29) is 36.1 Å². The summed E-state index contributed by atoms with van der Waals surface area (Å²) in [4.78, 5) is 21.5. The van der Waals surface area contributed by atoms with Crippen LogP contribution in [0, 0.1) is 10.1 Å². The summed E-state index contributed by atoms with van der Waals surface area (Å²) in [6.07, 6.45) is 0.786. The third-order valence-corrected chi connectivity index (χ3v) is 2.88. The quantitative estimate of drug-likeness (QED) is 0.600. The first-order chi connectivity index (χ1) is 9.04. The highest BCUT2D eigenvalue weighted by Gasteiger charge is 2.28. The average Bonchev–Trinajstić information content (AvgIpc) is 2.35. The third-order valence-electron chi connectivity index (χ3n) is 2.88. The van der Waals surface area contributed by atoms with Gasteiger partial charge >= 0.3 is 0 Å². The van der Waals surface area contributed by atoms with Gasteiger partial charge in [-0.25, -0.2) is 0 Å². The number of rotatable bonds is 5. The minimum atomic E-state index is -0.525. The van der Waals surface area contributed by atoms with E-state index in [9.17, 15) is 14.9 Å². The second-order valence-corrected chi connectivity index (χ2v) is 4.43. The Morgan fingerprint density at radius 2 is 2.26 bits per heavy atom. The molecule has 1 aromatic rings. The molecule has 1 amide bonds. The van der Waals surface area contributed by atoms with Crippen LogP contribution in [0.5, 0.6) is 5.75 Å². The Kier molecular flexibility index (Phi) is 3.96. The minimum Gasteiger partial charge on any atom is -0.484 e. The number of amides is 1. The maximum Gasteiger partial charge on any atom is 0.273 e. The van der Waals surface area contributed by atoms with Gasteiger partial charge in [-0.05, 0) is 18.9 Å². The number of aliphatic hydroxyl groups is 1. The largest absolute Gasteiger partial charge is 0.484 e. The van der Waals surface area contributed by atoms with Crippen LogP contribution >= 0.6 is 0 Å². The lowest BCUT2D eigenvalue weighted by atomic mass is 9.89. The zero-order chi connectivity index (χ0) is 13.8. The van der Waals surface area contributed by atoms with Crippen LogP contribution in [0.1, 0.15) is 12.8 Å². The molecule has 0 atom stereocenters. The van der Waals surface area contributed by atoms with E-state index in [1.54, 1.807) is 6.07 Å². The molecule has 0 unspecified atom stereocenters. The Hall–Kier alpha value is -2.15. The van der Waals surface area contributed by atoms with Crippen molar-refractivity contribution in [3.05, 3.63) is 34.4 Å². The number of nitrogens with zero attached hydrogens (tertiary/aromatic N) is 1. The maximum atomic E-state index is 11.5. The first-order valence-electron chi connectivity index (χ1n) is 5.89. The number of aliphatic hydroxyl groups excluding tert-OH is 1. The Morgan fingerprint density at radius 1 is 1.53 bits per heavy atom. The lowest BCUT2D eigenvalue weighted by molar-refractivity contribution is -0.384. The van der Waals surface area contributed by atoms with Gasteiger partial charge < -0.3 is 15.2 Å². The SMILES string of the molecule is O=C(COc1cccc([N+](=O)[O-])c1)NC1CC(O)C1. The first kappa shape index (κ1) is 13.3. The third kappa shape index (κ3) is 3.65. The number of nitro benzene ring substituents is 1. The average molecular weight is 266 g/mol. The van der Waals surface area contributed by atoms with E-state index in [0.717, 1.165) is 0 Å². The van der Waals surface area contributed by atoms with Crippen molar-refractivity contribution in [2.75, 3.05) is 6.61 Å². The topological polar surface area (TPSA) is 102 Å². The number of nitrogens with one attached hydrogen (secondary N) is 1. The van der Waals surface area contributed by atoms with E-state index in [1.165, 1.54) is 18.2 Å². The zero-order valence-corrected chi connectivity index (χ0v) is 10.1. The smallest absolute Gasteiger partial charge is 0.273 e. The Balaban J connectivity index is 1.80. The van der Waals surface area contributed by atoms with E-state index in [2.05, 4.69) is 5.32 Å². The van der Waals surface area contributed by atoms with Gasteiger partial charge in [0.05, 0.1) is 17.1 Å². The highest BCUT2D eigenvalue weighted by atomic mass is 16.6. The van der Waals surface area contributed by atoms with E-state index < -0.39 is 4.92 Å². The van der Waals surface area contributed by atoms with E-state index in [4.69, 9.17) is 9.84 Å². The number of non-ortho nitro benzene ring substituents is 1. The zero-order valence-electron chi connectivity index (χ0n) is 10.1. The molecule has 0 aromatic heterocycles. The normalized spacial score (nSPS) is 21.3. The summed E-state index contributed by atoms with van der Waals surface area (Å²) in [6.45, 7) is -0.201. The molecular formula is C12H14N2O5. The molecule has 0 spiro atoms. The molecule has 7 nitrogen and oxygen atoms in total. The first-order valence-corrected chi connectivity index (χ1v) is 5.89. The van der Waals surface area contributed by atoms with Crippen molar-refractivity contribution in [2.24, 2.45) is 0 Å². The van der Waals surface area contributed by atoms with Crippen LogP contribution in [0.3, 0.4) is 0 Å². The molecule has 2 N–H and O–H groups in total. The maximum absolute atomic E-state index is 11.5. The lowest BCUT2D eigenvalue weighted by Gasteiger charge is -2.31. The van der Waals surface area contributed by atoms with Gasteiger partial charge in [-0.1, -0.05) is 6.07 Å². The van der Waals surface area contributed by atoms with Crippen molar-refractivity contribution >= 4 is 11.6 Å². The van der Waals surface area contributed by atoms with Gasteiger partial charge in [0.15, 0.2) is 6.61 Å². The summed E-state index contributed by atoms with van der Waals surface area (Å²) >= 11 is 0. The van der Waals surface area contributed by atoms with Crippen LogP contribution < -0.4 is 10.1 Å². The standard InChI is InChI=1S/C12H14N2O5/c15-10-4-8(5-10)13-12(16)7-19-11-3-1-2-9(6-11)14(17)18/h1-3,6,8,10,15H,4-5,7H2,(H,13,16). The van der Waals surface area contributed by atoms with Crippen molar-refractivity contribution in [3.63, 3.8) is 0 Å². The fourth-order valence-electron chi connectivity index (χ4n) is 1.81. The molecular weight excluding hydrogens is 252 g/mol. The molecule has 1 aromatic carbocycles. The van der Waals surface area contributed by atoms with Crippen LogP contribution in [-0.4, -0.2) is 34.7 Å². The number of carbonyl (C=O) groups excluding carboxylic acids is 1. The molecule has 0 saturated heterocycles. The molecule has 1 aliphatic carbocycles. The van der Waals surface area contributed by atoms with Crippen LogP contribution in [0.15, 0.2) is 24.3 Å². The number of ether oxygens (including phenoxy) is 1. The van der Waals surface area contributed by atoms with Crippen LogP contribution in [-0.2, 0) is 4.79 Å². The Morgan fingerprint density at radius 3 is 2.89 bits per heavy atom. The predicted molar refractivity (Wildman–Crippen MR) is 65.8 cm³/mol. The van der Waals surface area contributed by atoms with Gasteiger partial charge in [-0.2, -0.15) is 0 Å². The molecule has 19 heavy (non-hydrogen) atoms. The van der Waals surface area contributed by atoms with Crippen LogP contribution in [0.2, 0.25) is 0 Å². The number of carbonyl (C=O) groups is 1. The summed E-state index contributed by atoms with van der Waals surface area (Å²) in [5.41, 5.74) is -0.0833. The van der Waals surface area contributed by atoms with Gasteiger partial charge in [0.1, 0.15) is 5.75 Å². The number of nitro groups is 1. The van der Waals surface area contributed by atoms with Crippen molar-refractivity contribution in [1.29, 1.82) is 0 Å². The molecule has 1 fully saturated rings. The Labute approximate surface area is 109 Å². The van der Waals surface area contributed by atoms with Crippen molar-refractivity contribution in [1.82, 2.24) is 5.32 Å². The van der Waals surface area contributed by atoms with Gasteiger partial charge in [0, 0.05) is 12.1 Å². The van der Waals surface area contributed by atoms with E-state index in [1.807, 2.05) is 0 Å². The minimum absolute atomic E-state index is 0.00351. The van der Waals surface area contributed by atoms with Gasteiger partial charge in [-0.3, -0.25) is 14.9 Å². The predicted octanol–water partition coefficient (Wildman–Crippen LogP) is 0.613. The molecule has 0 heterocycles. The highest BCUT2D eigenvalue weighted by Crippen LogP contribution is 2.20. The van der Waals surface area contributed by atoms with Gasteiger partial charge in [-0.15, -0.1) is 0 Å². The van der Waals surface area contributed by atoms with E-state index >= 15 is 0 Å². The van der Waals surface area contributed by atoms with Gasteiger partial charge in [0.25, 0.3) is 11.6 Å². The van der Waals surface area contributed by atoms with Crippen molar-refractivity contribution in [3.8, 4) is 5.75 Å². The molecule has 102 valence electrons. The van der Waals surface area contributed by atoms with Crippen LogP contribution in [0.25, 0.3) is 0 Å². The second-order valence-electron chi connectivity index (χ2n) is 4.43. The van der Waals surface area contributed by atoms with Crippen molar-refractivity contribution < 1.29 is 19.6 Å². The molecule has 0 radical (unpaired) electrons. The fraction of sp³-hybridized carbons (Fsp3) is 0.417. The molecule has 1 saturated carbocycles. The van der Waals surface area contributed by atoms with Crippen LogP contribution in [0.4, 0.5) is 5.69 Å². The summed E-state index contributed by atoms with van der Waals surface area (Å²) in [7, 11) is 0. The summed E-state index contributed by atoms with van der Waals surface area (Å²) < 4.78 is 5.18. The summed E-state index contributed by atoms with van der Waals surface area (Å²) in [5, 5.41) is 22.3. The molecule has 1 aliphatic rings. The van der Waals surface area contributed by atoms with Gasteiger partial charge in [0.2, 0.25) is 0 Å². The van der Waals surface area contributed by atoms with E-state index in [0.29, 0.717) is 12.8 Å². The second kappa shape index (κ2) is 5.66. The molecule has 0 bridgehead atoms. The number of hydrogen-bond donors (Lipinski definition) is 2. The number of benzene rings is 1. The molecule has 0 aliphatic heterocycles. The monoisotopic (exact) mass is 266 g/mol. The fourth-order valence-corrected chi connectivity index (χ4v) is 1.81. The lowest BCUT2D eigenvalue weighted by Crippen LogP contribution is -2.48. The molecule has 7 heteroatoms. The summed E-state index contributed by atoms with van der Waals surface area (Å²) in [5.74, 6) is -0.0265. The summed E-state index contributed by atoms with van der Waals surface area (Å²) in [6, 6.07) is 5.65. The van der Waals surface area contributed by atoms with Crippen molar-refractivity contribution in [2.45, 2.75) is 25.0 Å². The highest BCUT2D eigenvalue weighted by molar-refractivity contribution is 5.78. The molecule has 2 rings (SSSR count). The Bertz CT molecular complexity index is 485.